The van der Waals surface area contributed by atoms with Crippen molar-refractivity contribution in [2.75, 3.05) is 0 Å². The van der Waals surface area contributed by atoms with Gasteiger partial charge < -0.3 is 5.11 Å². The Morgan fingerprint density at radius 3 is 2.92 bits per heavy atom. The van der Waals surface area contributed by atoms with Crippen molar-refractivity contribution in [1.29, 1.82) is 0 Å². The van der Waals surface area contributed by atoms with E-state index < -0.39 is 5.97 Å². The van der Waals surface area contributed by atoms with E-state index in [1.807, 2.05) is 6.92 Å². The molecule has 1 rings (SSSR count). The molecule has 64 valence electrons. The Bertz CT molecular complexity index is 332. The maximum atomic E-state index is 10.3. The fraction of sp³-hybridized carbons (Fsp3) is 0.143. The van der Waals surface area contributed by atoms with Gasteiger partial charge in [-0.25, -0.2) is 9.78 Å². The Hall–Kier alpha value is -0.870. The lowest BCUT2D eigenvalue weighted by atomic mass is 10.4. The van der Waals surface area contributed by atoms with Gasteiger partial charge in [-0.05, 0) is 13.0 Å². The van der Waals surface area contributed by atoms with E-state index in [4.69, 9.17) is 16.7 Å². The number of aliphatic carboxylic acids is 1. The zero-order valence-corrected chi connectivity index (χ0v) is 7.82. The molecule has 0 unspecified atom stereocenters. The molecule has 0 aliphatic heterocycles. The fourth-order valence-corrected chi connectivity index (χ4v) is 1.32. The van der Waals surface area contributed by atoms with Gasteiger partial charge in [-0.2, -0.15) is 0 Å². The van der Waals surface area contributed by atoms with Crippen LogP contribution in [0, 0.1) is 6.92 Å². The first-order chi connectivity index (χ1) is 5.59. The van der Waals surface area contributed by atoms with Gasteiger partial charge in [-0.3, -0.25) is 0 Å². The van der Waals surface area contributed by atoms with Gasteiger partial charge in [0.05, 0.1) is 10.7 Å². The highest BCUT2D eigenvalue weighted by molar-refractivity contribution is 7.09. The van der Waals surface area contributed by atoms with Gasteiger partial charge >= 0.3 is 5.97 Å². The molecule has 0 spiro atoms. The molecule has 1 aromatic rings. The van der Waals surface area contributed by atoms with Gasteiger partial charge in [0.2, 0.25) is 0 Å². The van der Waals surface area contributed by atoms with E-state index in [0.29, 0.717) is 5.69 Å². The molecule has 5 heteroatoms. The predicted molar refractivity (Wildman–Crippen MR) is 48.3 cm³/mol. The lowest BCUT2D eigenvalue weighted by Crippen LogP contribution is -1.92. The number of hydrogen-bond donors (Lipinski definition) is 1. The number of carboxylic acid groups (broad SMARTS) is 1. The maximum Gasteiger partial charge on any atom is 0.347 e. The quantitative estimate of drug-likeness (QED) is 0.749. The van der Waals surface area contributed by atoms with Crippen LogP contribution in [0.25, 0.3) is 6.08 Å². The van der Waals surface area contributed by atoms with E-state index in [-0.39, 0.29) is 5.03 Å². The van der Waals surface area contributed by atoms with Gasteiger partial charge in [-0.15, -0.1) is 11.3 Å². The third-order valence-corrected chi connectivity index (χ3v) is 2.18. The molecule has 0 aliphatic rings. The van der Waals surface area contributed by atoms with Crippen molar-refractivity contribution in [3.05, 3.63) is 21.1 Å². The van der Waals surface area contributed by atoms with E-state index in [1.165, 1.54) is 17.4 Å². The first-order valence-corrected chi connectivity index (χ1v) is 4.38. The zero-order chi connectivity index (χ0) is 9.14. The number of nitrogens with zero attached hydrogens (tertiary/aromatic N) is 1. The summed E-state index contributed by atoms with van der Waals surface area (Å²) in [6.07, 6.45) is 1.33. The number of thiazole rings is 1. The number of halogens is 1. The number of aryl methyl sites for hydroxylation is 1. The van der Waals surface area contributed by atoms with Gasteiger partial charge in [0.25, 0.3) is 0 Å². The van der Waals surface area contributed by atoms with Crippen molar-refractivity contribution in [2.24, 2.45) is 0 Å². The largest absolute Gasteiger partial charge is 0.477 e. The van der Waals surface area contributed by atoms with Crippen molar-refractivity contribution in [1.82, 2.24) is 4.98 Å². The number of carbonyl (C=O) groups is 1. The summed E-state index contributed by atoms with van der Waals surface area (Å²) >= 11 is 6.84. The minimum atomic E-state index is -1.14. The van der Waals surface area contributed by atoms with Crippen LogP contribution in [0.2, 0.25) is 0 Å². The molecule has 0 bridgehead atoms. The molecule has 1 aromatic heterocycles. The minimum absolute atomic E-state index is 0.222. The van der Waals surface area contributed by atoms with Crippen molar-refractivity contribution < 1.29 is 9.90 Å². The highest BCUT2D eigenvalue weighted by Crippen LogP contribution is 2.13. The van der Waals surface area contributed by atoms with Gasteiger partial charge in [0.1, 0.15) is 5.03 Å². The maximum absolute atomic E-state index is 10.3. The first-order valence-electron chi connectivity index (χ1n) is 3.12. The fourth-order valence-electron chi connectivity index (χ4n) is 0.638. The minimum Gasteiger partial charge on any atom is -0.477 e. The molecule has 1 N–H and O–H groups in total. The third kappa shape index (κ3) is 2.32. The molecule has 3 nitrogen and oxygen atoms in total. The van der Waals surface area contributed by atoms with Crippen LogP contribution in [-0.4, -0.2) is 16.1 Å². The van der Waals surface area contributed by atoms with Crippen LogP contribution in [0.5, 0.6) is 0 Å². The van der Waals surface area contributed by atoms with Gasteiger partial charge in [0, 0.05) is 5.38 Å². The summed E-state index contributed by atoms with van der Waals surface area (Å²) < 4.78 is 0. The number of hydrogen-bond acceptors (Lipinski definition) is 3. The van der Waals surface area contributed by atoms with Gasteiger partial charge in [0.15, 0.2) is 0 Å². The smallest absolute Gasteiger partial charge is 0.347 e. The normalized spacial score (nSPS) is 11.7. The van der Waals surface area contributed by atoms with Crippen molar-refractivity contribution in [3.63, 3.8) is 0 Å². The summed E-state index contributed by atoms with van der Waals surface area (Å²) in [5.74, 6) is -1.14. The first kappa shape index (κ1) is 9.22. The number of rotatable bonds is 2. The van der Waals surface area contributed by atoms with E-state index >= 15 is 0 Å². The molecule has 0 radical (unpaired) electrons. The lowest BCUT2D eigenvalue weighted by Gasteiger charge is -1.86. The van der Waals surface area contributed by atoms with Crippen molar-refractivity contribution in [2.45, 2.75) is 6.92 Å². The SMILES string of the molecule is Cc1nc(C=C(Cl)C(=O)O)cs1. The monoisotopic (exact) mass is 203 g/mol. The molecule has 0 aliphatic carbocycles. The highest BCUT2D eigenvalue weighted by Gasteiger charge is 2.03. The standard InChI is InChI=1S/C7H6ClNO2S/c1-4-9-5(3-12-4)2-6(8)7(10)11/h2-3H,1H3,(H,10,11). The molecule has 0 fully saturated rings. The Morgan fingerprint density at radius 1 is 1.83 bits per heavy atom. The molecule has 0 atom stereocenters. The second-order valence-electron chi connectivity index (χ2n) is 2.09. The summed E-state index contributed by atoms with van der Waals surface area (Å²) in [6.45, 7) is 1.84. The average Bonchev–Trinajstić information content (AvgIpc) is 2.35. The summed E-state index contributed by atoms with van der Waals surface area (Å²) in [6, 6.07) is 0. The average molecular weight is 204 g/mol. The van der Waals surface area contributed by atoms with Crippen LogP contribution in [-0.2, 0) is 4.79 Å². The Labute approximate surface area is 78.3 Å². The summed E-state index contributed by atoms with van der Waals surface area (Å²) in [7, 11) is 0. The zero-order valence-electron chi connectivity index (χ0n) is 6.24. The second-order valence-corrected chi connectivity index (χ2v) is 3.56. The van der Waals surface area contributed by atoms with E-state index in [9.17, 15) is 4.79 Å². The summed E-state index contributed by atoms with van der Waals surface area (Å²) in [5, 5.41) is 10.8. The van der Waals surface area contributed by atoms with Crippen LogP contribution in [0.15, 0.2) is 10.4 Å². The molecule has 1 heterocycles. The van der Waals surface area contributed by atoms with Crippen LogP contribution in [0.3, 0.4) is 0 Å². The molecule has 0 amide bonds. The molecular weight excluding hydrogens is 198 g/mol. The third-order valence-electron chi connectivity index (χ3n) is 1.12. The number of carboxylic acids is 1. The summed E-state index contributed by atoms with van der Waals surface area (Å²) in [5.41, 5.74) is 0.588. The van der Waals surface area contributed by atoms with Crippen LogP contribution < -0.4 is 0 Å². The lowest BCUT2D eigenvalue weighted by molar-refractivity contribution is -0.131. The van der Waals surface area contributed by atoms with Crippen LogP contribution >= 0.6 is 22.9 Å². The second kappa shape index (κ2) is 3.69. The van der Waals surface area contributed by atoms with Crippen molar-refractivity contribution in [3.8, 4) is 0 Å². The molecule has 12 heavy (non-hydrogen) atoms. The molecule has 0 saturated carbocycles. The number of aromatic nitrogens is 1. The summed E-state index contributed by atoms with van der Waals surface area (Å²) in [4.78, 5) is 14.3. The molecule has 0 aromatic carbocycles. The topological polar surface area (TPSA) is 50.2 Å². The Kier molecular flexibility index (Phi) is 2.83. The Morgan fingerprint density at radius 2 is 2.50 bits per heavy atom. The molecular formula is C7H6ClNO2S. The van der Waals surface area contributed by atoms with E-state index in [0.717, 1.165) is 5.01 Å². The van der Waals surface area contributed by atoms with Crippen molar-refractivity contribution >= 4 is 35.0 Å². The molecule has 0 saturated heterocycles. The van der Waals surface area contributed by atoms with Gasteiger partial charge in [-0.1, -0.05) is 11.6 Å². The van der Waals surface area contributed by atoms with E-state index in [2.05, 4.69) is 4.98 Å². The predicted octanol–water partition coefficient (Wildman–Crippen LogP) is 2.12. The van der Waals surface area contributed by atoms with E-state index in [1.54, 1.807) is 5.38 Å². The van der Waals surface area contributed by atoms with Crippen LogP contribution in [0.1, 0.15) is 10.7 Å². The Balaban J connectivity index is 2.87. The van der Waals surface area contributed by atoms with Crippen LogP contribution in [0.4, 0.5) is 0 Å². The highest BCUT2D eigenvalue weighted by atomic mass is 35.5.